The van der Waals surface area contributed by atoms with E-state index in [4.69, 9.17) is 16.4 Å². The van der Waals surface area contributed by atoms with E-state index in [1.54, 1.807) is 36.4 Å². The molecule has 4 rings (SSSR count). The van der Waals surface area contributed by atoms with Gasteiger partial charge in [-0.2, -0.15) is 0 Å². The molecule has 2 aliphatic rings. The van der Waals surface area contributed by atoms with Crippen molar-refractivity contribution in [2.45, 2.75) is 18.3 Å². The number of halogens is 1. The van der Waals surface area contributed by atoms with Crippen LogP contribution in [0.25, 0.3) is 0 Å². The highest BCUT2D eigenvalue weighted by Crippen LogP contribution is 2.50. The molecule has 0 atom stereocenters. The van der Waals surface area contributed by atoms with Crippen molar-refractivity contribution in [1.82, 2.24) is 5.06 Å². The highest BCUT2D eigenvalue weighted by Gasteiger charge is 2.55. The molecule has 0 aromatic heterocycles. The number of carbonyl (C=O) groups is 3. The average Bonchev–Trinajstić information content (AvgIpc) is 3.36. The van der Waals surface area contributed by atoms with Crippen molar-refractivity contribution in [2.75, 3.05) is 0 Å². The Morgan fingerprint density at radius 3 is 2.17 bits per heavy atom. The van der Waals surface area contributed by atoms with Crippen molar-refractivity contribution in [3.8, 4) is 0 Å². The molecule has 1 aliphatic carbocycles. The molecule has 120 valence electrons. The van der Waals surface area contributed by atoms with Crippen molar-refractivity contribution in [2.24, 2.45) is 0 Å². The third kappa shape index (κ3) is 2.12. The monoisotopic (exact) mass is 341 g/mol. The lowest BCUT2D eigenvalue weighted by Gasteiger charge is -2.18. The standard InChI is InChI=1S/C18H12ClNO4/c19-12-5-3-4-11(10-12)18(8-9-18)17(23)24-20-15(21)13-6-1-2-7-14(13)16(20)22/h1-7,10H,8-9H2. The summed E-state index contributed by atoms with van der Waals surface area (Å²) in [5, 5.41) is 1.07. The van der Waals surface area contributed by atoms with E-state index in [1.165, 1.54) is 12.1 Å². The molecular weight excluding hydrogens is 330 g/mol. The van der Waals surface area contributed by atoms with Crippen LogP contribution < -0.4 is 0 Å². The topological polar surface area (TPSA) is 63.7 Å². The summed E-state index contributed by atoms with van der Waals surface area (Å²) in [7, 11) is 0. The number of amides is 2. The fourth-order valence-electron chi connectivity index (χ4n) is 2.94. The molecule has 1 saturated carbocycles. The van der Waals surface area contributed by atoms with Gasteiger partial charge in [-0.15, -0.1) is 0 Å². The average molecular weight is 342 g/mol. The molecule has 0 radical (unpaired) electrons. The zero-order chi connectivity index (χ0) is 16.9. The maximum atomic E-state index is 12.6. The van der Waals surface area contributed by atoms with Crippen molar-refractivity contribution >= 4 is 29.4 Å². The molecule has 1 heterocycles. The summed E-state index contributed by atoms with van der Waals surface area (Å²) >= 11 is 5.99. The second-order valence-electron chi connectivity index (χ2n) is 5.92. The Morgan fingerprint density at radius 2 is 1.62 bits per heavy atom. The summed E-state index contributed by atoms with van der Waals surface area (Å²) in [5.41, 5.74) is 0.377. The first-order valence-electron chi connectivity index (χ1n) is 7.49. The Bertz CT molecular complexity index is 853. The number of hydrogen-bond donors (Lipinski definition) is 0. The SMILES string of the molecule is O=C1c2ccccc2C(=O)N1OC(=O)C1(c2cccc(Cl)c2)CC1. The summed E-state index contributed by atoms with van der Waals surface area (Å²) in [6, 6.07) is 13.4. The third-order valence-corrected chi connectivity index (χ3v) is 4.68. The smallest absolute Gasteiger partial charge is 0.329 e. The highest BCUT2D eigenvalue weighted by molar-refractivity contribution is 6.30. The van der Waals surface area contributed by atoms with Crippen LogP contribution in [-0.2, 0) is 15.0 Å². The zero-order valence-electron chi connectivity index (χ0n) is 12.5. The number of imide groups is 1. The molecule has 2 aromatic carbocycles. The molecule has 0 unspecified atom stereocenters. The van der Waals surface area contributed by atoms with Crippen LogP contribution in [0, 0.1) is 0 Å². The van der Waals surface area contributed by atoms with Gasteiger partial charge in [-0.25, -0.2) is 4.79 Å². The fourth-order valence-corrected chi connectivity index (χ4v) is 3.13. The second kappa shape index (κ2) is 5.18. The summed E-state index contributed by atoms with van der Waals surface area (Å²) in [5.74, 6) is -1.85. The Labute approximate surface area is 142 Å². The minimum Gasteiger partial charge on any atom is -0.329 e. The number of fused-ring (bicyclic) bond motifs is 1. The van der Waals surface area contributed by atoms with E-state index in [9.17, 15) is 14.4 Å². The molecule has 2 aromatic rings. The maximum Gasteiger partial charge on any atom is 0.343 e. The lowest BCUT2D eigenvalue weighted by atomic mass is 9.96. The van der Waals surface area contributed by atoms with Crippen LogP contribution >= 0.6 is 11.6 Å². The van der Waals surface area contributed by atoms with Crippen molar-refractivity contribution in [1.29, 1.82) is 0 Å². The Hall–Kier alpha value is -2.66. The van der Waals surface area contributed by atoms with E-state index in [1.807, 2.05) is 0 Å². The number of benzene rings is 2. The van der Waals surface area contributed by atoms with Crippen LogP contribution in [0.4, 0.5) is 0 Å². The molecule has 5 nitrogen and oxygen atoms in total. The fraction of sp³-hybridized carbons (Fsp3) is 0.167. The molecule has 2 amide bonds. The van der Waals surface area contributed by atoms with E-state index in [0.29, 0.717) is 22.9 Å². The van der Waals surface area contributed by atoms with Gasteiger partial charge >= 0.3 is 5.97 Å². The Morgan fingerprint density at radius 1 is 1.00 bits per heavy atom. The molecule has 0 N–H and O–H groups in total. The summed E-state index contributed by atoms with van der Waals surface area (Å²) < 4.78 is 0. The van der Waals surface area contributed by atoms with Crippen LogP contribution in [0.3, 0.4) is 0 Å². The third-order valence-electron chi connectivity index (χ3n) is 4.45. The van der Waals surface area contributed by atoms with E-state index >= 15 is 0 Å². The van der Waals surface area contributed by atoms with Crippen molar-refractivity contribution in [3.63, 3.8) is 0 Å². The second-order valence-corrected chi connectivity index (χ2v) is 6.36. The molecule has 1 fully saturated rings. The lowest BCUT2D eigenvalue weighted by molar-refractivity contribution is -0.171. The van der Waals surface area contributed by atoms with Crippen molar-refractivity contribution in [3.05, 3.63) is 70.2 Å². The van der Waals surface area contributed by atoms with Gasteiger partial charge < -0.3 is 4.84 Å². The Kier molecular flexibility index (Phi) is 3.21. The summed E-state index contributed by atoms with van der Waals surface area (Å²) in [6.07, 6.45) is 1.19. The quantitative estimate of drug-likeness (QED) is 0.805. The predicted octanol–water partition coefficient (Wildman–Crippen LogP) is 3.13. The molecule has 0 spiro atoms. The molecule has 24 heavy (non-hydrogen) atoms. The summed E-state index contributed by atoms with van der Waals surface area (Å²) in [6.45, 7) is 0. The Balaban J connectivity index is 1.60. The van der Waals surface area contributed by atoms with Gasteiger partial charge in [0.25, 0.3) is 11.8 Å². The predicted molar refractivity (Wildman–Crippen MR) is 85.4 cm³/mol. The first-order valence-corrected chi connectivity index (χ1v) is 7.87. The van der Waals surface area contributed by atoms with Crippen LogP contribution in [0.1, 0.15) is 39.1 Å². The van der Waals surface area contributed by atoms with Gasteiger partial charge in [0.2, 0.25) is 0 Å². The van der Waals surface area contributed by atoms with Crippen LogP contribution in [0.15, 0.2) is 48.5 Å². The molecule has 0 bridgehead atoms. The number of rotatable bonds is 3. The van der Waals surface area contributed by atoms with Gasteiger partial charge in [-0.1, -0.05) is 40.9 Å². The molecular formula is C18H12ClNO4. The highest BCUT2D eigenvalue weighted by atomic mass is 35.5. The van der Waals surface area contributed by atoms with E-state index in [-0.39, 0.29) is 11.1 Å². The maximum absolute atomic E-state index is 12.6. The number of hydroxylamine groups is 2. The van der Waals surface area contributed by atoms with Crippen LogP contribution in [0.5, 0.6) is 0 Å². The summed E-state index contributed by atoms with van der Waals surface area (Å²) in [4.78, 5) is 42.4. The first kappa shape index (κ1) is 14.9. The van der Waals surface area contributed by atoms with E-state index in [0.717, 1.165) is 5.56 Å². The molecule has 6 heteroatoms. The van der Waals surface area contributed by atoms with Crippen LogP contribution in [-0.4, -0.2) is 22.8 Å². The normalized spacial score (nSPS) is 17.6. The number of carbonyl (C=O) groups excluding carboxylic acids is 3. The molecule has 0 saturated heterocycles. The van der Waals surface area contributed by atoms with Gasteiger partial charge in [0.15, 0.2) is 0 Å². The van der Waals surface area contributed by atoms with Gasteiger partial charge in [0.1, 0.15) is 0 Å². The van der Waals surface area contributed by atoms with Gasteiger partial charge in [-0.05, 0) is 42.7 Å². The zero-order valence-corrected chi connectivity index (χ0v) is 13.2. The first-order chi connectivity index (χ1) is 11.5. The van der Waals surface area contributed by atoms with E-state index in [2.05, 4.69) is 0 Å². The minimum absolute atomic E-state index is 0.239. The van der Waals surface area contributed by atoms with Crippen LogP contribution in [0.2, 0.25) is 5.02 Å². The van der Waals surface area contributed by atoms with E-state index < -0.39 is 23.2 Å². The number of hydrogen-bond acceptors (Lipinski definition) is 4. The van der Waals surface area contributed by atoms with Gasteiger partial charge in [0, 0.05) is 5.02 Å². The minimum atomic E-state index is -0.833. The molecule has 1 aliphatic heterocycles. The largest absolute Gasteiger partial charge is 0.343 e. The lowest BCUT2D eigenvalue weighted by Crippen LogP contribution is -2.37. The number of nitrogens with zero attached hydrogens (tertiary/aromatic N) is 1. The van der Waals surface area contributed by atoms with Crippen molar-refractivity contribution < 1.29 is 19.2 Å². The van der Waals surface area contributed by atoms with Gasteiger partial charge in [-0.3, -0.25) is 9.59 Å². The van der Waals surface area contributed by atoms with Gasteiger partial charge in [0.05, 0.1) is 16.5 Å².